The van der Waals surface area contributed by atoms with Crippen molar-refractivity contribution in [3.63, 3.8) is 0 Å². The summed E-state index contributed by atoms with van der Waals surface area (Å²) in [6.45, 7) is 0. The van der Waals surface area contributed by atoms with Crippen LogP contribution < -0.4 is 0 Å². The minimum Gasteiger partial charge on any atom is -0.391 e. The number of benzene rings is 1. The molecule has 1 aliphatic rings. The Balaban J connectivity index is 2.15. The molecule has 1 fully saturated rings. The van der Waals surface area contributed by atoms with Crippen LogP contribution in [-0.4, -0.2) is 35.1 Å². The predicted molar refractivity (Wildman–Crippen MR) is 74.5 cm³/mol. The van der Waals surface area contributed by atoms with Crippen LogP contribution in [0.5, 0.6) is 0 Å². The van der Waals surface area contributed by atoms with E-state index >= 15 is 0 Å². The predicted octanol–water partition coefficient (Wildman–Crippen LogP) is 2.96. The van der Waals surface area contributed by atoms with Gasteiger partial charge in [-0.3, -0.25) is 4.79 Å². The topological polar surface area (TPSA) is 40.5 Å². The largest absolute Gasteiger partial charge is 0.391 e. The standard InChI is InChI=1S/C14H17BrFNO2/c1-17(12-4-2-3-5-13(12)18)14(19)9-6-7-10(15)11(16)8-9/h6-8,12-13,18H,2-5H2,1H3. The fourth-order valence-electron chi connectivity index (χ4n) is 2.53. The van der Waals surface area contributed by atoms with E-state index in [0.29, 0.717) is 10.0 Å². The van der Waals surface area contributed by atoms with Gasteiger partial charge in [-0.2, -0.15) is 0 Å². The Hall–Kier alpha value is -0.940. The molecule has 2 rings (SSSR count). The number of aliphatic hydroxyl groups is 1. The number of nitrogens with zero attached hydrogens (tertiary/aromatic N) is 1. The molecule has 104 valence electrons. The first kappa shape index (κ1) is 14.5. The average molecular weight is 330 g/mol. The molecule has 1 saturated carbocycles. The zero-order valence-corrected chi connectivity index (χ0v) is 12.4. The first-order valence-corrected chi connectivity index (χ1v) is 7.20. The molecule has 1 amide bonds. The number of carbonyl (C=O) groups is 1. The molecule has 0 radical (unpaired) electrons. The molecule has 0 aromatic heterocycles. The second kappa shape index (κ2) is 6.01. The van der Waals surface area contributed by atoms with E-state index in [1.54, 1.807) is 13.1 Å². The number of halogens is 2. The molecule has 0 aliphatic heterocycles. The Kier molecular flexibility index (Phi) is 4.58. The highest BCUT2D eigenvalue weighted by molar-refractivity contribution is 9.10. The molecular formula is C14H17BrFNO2. The van der Waals surface area contributed by atoms with Gasteiger partial charge in [-0.15, -0.1) is 0 Å². The van der Waals surface area contributed by atoms with E-state index in [1.165, 1.54) is 17.0 Å². The maximum absolute atomic E-state index is 13.5. The molecule has 2 unspecified atom stereocenters. The Bertz CT molecular complexity index is 481. The first-order valence-electron chi connectivity index (χ1n) is 6.41. The van der Waals surface area contributed by atoms with Crippen LogP contribution in [0.1, 0.15) is 36.0 Å². The summed E-state index contributed by atoms with van der Waals surface area (Å²) in [5.74, 6) is -0.708. The van der Waals surface area contributed by atoms with Crippen molar-refractivity contribution in [1.29, 1.82) is 0 Å². The number of amides is 1. The zero-order valence-electron chi connectivity index (χ0n) is 10.8. The van der Waals surface area contributed by atoms with Crippen LogP contribution in [0.4, 0.5) is 4.39 Å². The molecule has 1 N–H and O–H groups in total. The van der Waals surface area contributed by atoms with Gasteiger partial charge in [0.15, 0.2) is 0 Å². The first-order chi connectivity index (χ1) is 9.00. The van der Waals surface area contributed by atoms with Crippen LogP contribution in [0.25, 0.3) is 0 Å². The minimum atomic E-state index is -0.483. The molecule has 19 heavy (non-hydrogen) atoms. The number of aliphatic hydroxyl groups excluding tert-OH is 1. The highest BCUT2D eigenvalue weighted by Gasteiger charge is 2.29. The van der Waals surface area contributed by atoms with Crippen LogP contribution in [0.3, 0.4) is 0 Å². The highest BCUT2D eigenvalue weighted by atomic mass is 79.9. The summed E-state index contributed by atoms with van der Waals surface area (Å²) in [6, 6.07) is 4.15. The third kappa shape index (κ3) is 3.15. The maximum Gasteiger partial charge on any atom is 0.254 e. The van der Waals surface area contributed by atoms with Crippen molar-refractivity contribution < 1.29 is 14.3 Å². The van der Waals surface area contributed by atoms with E-state index in [0.717, 1.165) is 25.7 Å². The summed E-state index contributed by atoms with van der Waals surface area (Å²) in [5, 5.41) is 9.96. The summed E-state index contributed by atoms with van der Waals surface area (Å²) in [7, 11) is 1.67. The van der Waals surface area contributed by atoms with E-state index < -0.39 is 11.9 Å². The molecule has 0 saturated heterocycles. The number of likely N-dealkylation sites (N-methyl/N-ethyl adjacent to an activating group) is 1. The molecule has 3 nitrogen and oxygen atoms in total. The summed E-state index contributed by atoms with van der Waals surface area (Å²) in [4.78, 5) is 13.8. The minimum absolute atomic E-state index is 0.173. The summed E-state index contributed by atoms with van der Waals surface area (Å²) < 4.78 is 13.8. The van der Waals surface area contributed by atoms with E-state index in [-0.39, 0.29) is 11.9 Å². The summed E-state index contributed by atoms with van der Waals surface area (Å²) in [5.41, 5.74) is 0.306. The van der Waals surface area contributed by atoms with Crippen molar-refractivity contribution >= 4 is 21.8 Å². The van der Waals surface area contributed by atoms with Crippen molar-refractivity contribution in [1.82, 2.24) is 4.90 Å². The zero-order chi connectivity index (χ0) is 14.0. The lowest BCUT2D eigenvalue weighted by molar-refractivity contribution is 0.0268. The van der Waals surface area contributed by atoms with Crippen molar-refractivity contribution in [2.45, 2.75) is 37.8 Å². The smallest absolute Gasteiger partial charge is 0.254 e. The summed E-state index contributed by atoms with van der Waals surface area (Å²) in [6.07, 6.45) is 3.03. The SMILES string of the molecule is CN(C(=O)c1ccc(Br)c(F)c1)C1CCCCC1O. The van der Waals surface area contributed by atoms with Gasteiger partial charge in [-0.05, 0) is 47.0 Å². The lowest BCUT2D eigenvalue weighted by Gasteiger charge is -2.35. The Morgan fingerprint density at radius 3 is 2.74 bits per heavy atom. The van der Waals surface area contributed by atoms with Gasteiger partial charge in [0.1, 0.15) is 5.82 Å². The van der Waals surface area contributed by atoms with E-state index in [2.05, 4.69) is 15.9 Å². The third-order valence-corrected chi connectivity index (χ3v) is 4.32. The van der Waals surface area contributed by atoms with E-state index in [1.807, 2.05) is 0 Å². The monoisotopic (exact) mass is 329 g/mol. The normalized spacial score (nSPS) is 23.2. The molecular weight excluding hydrogens is 313 g/mol. The van der Waals surface area contributed by atoms with Crippen molar-refractivity contribution in [2.24, 2.45) is 0 Å². The number of rotatable bonds is 2. The lowest BCUT2D eigenvalue weighted by atomic mass is 9.91. The average Bonchev–Trinajstić information content (AvgIpc) is 2.41. The number of hydrogen-bond acceptors (Lipinski definition) is 2. The van der Waals surface area contributed by atoms with Crippen molar-refractivity contribution in [3.8, 4) is 0 Å². The van der Waals surface area contributed by atoms with Crippen molar-refractivity contribution in [3.05, 3.63) is 34.1 Å². The molecule has 1 aliphatic carbocycles. The number of carbonyl (C=O) groups excluding carboxylic acids is 1. The van der Waals surface area contributed by atoms with E-state index in [4.69, 9.17) is 0 Å². The van der Waals surface area contributed by atoms with Gasteiger partial charge in [-0.1, -0.05) is 12.8 Å². The van der Waals surface area contributed by atoms with Gasteiger partial charge in [0.2, 0.25) is 0 Å². The molecule has 5 heteroatoms. The van der Waals surface area contributed by atoms with Gasteiger partial charge in [0.05, 0.1) is 16.6 Å². The molecule has 1 aromatic carbocycles. The number of hydrogen-bond donors (Lipinski definition) is 1. The van der Waals surface area contributed by atoms with Gasteiger partial charge in [0.25, 0.3) is 5.91 Å². The van der Waals surface area contributed by atoms with Gasteiger partial charge >= 0.3 is 0 Å². The van der Waals surface area contributed by atoms with E-state index in [9.17, 15) is 14.3 Å². The quantitative estimate of drug-likeness (QED) is 0.906. The Labute approximate surface area is 120 Å². The molecule has 2 atom stereocenters. The van der Waals surface area contributed by atoms with Crippen molar-refractivity contribution in [2.75, 3.05) is 7.05 Å². The Morgan fingerprint density at radius 1 is 1.42 bits per heavy atom. The molecule has 0 heterocycles. The summed E-state index contributed by atoms with van der Waals surface area (Å²) >= 11 is 3.06. The second-order valence-electron chi connectivity index (χ2n) is 4.96. The third-order valence-electron chi connectivity index (χ3n) is 3.68. The van der Waals surface area contributed by atoms with Crippen LogP contribution >= 0.6 is 15.9 Å². The fourth-order valence-corrected chi connectivity index (χ4v) is 2.77. The maximum atomic E-state index is 13.5. The fraction of sp³-hybridized carbons (Fsp3) is 0.500. The highest BCUT2D eigenvalue weighted by Crippen LogP contribution is 2.24. The second-order valence-corrected chi connectivity index (χ2v) is 5.82. The van der Waals surface area contributed by atoms with Gasteiger partial charge < -0.3 is 10.0 Å². The lowest BCUT2D eigenvalue weighted by Crippen LogP contribution is -2.46. The van der Waals surface area contributed by atoms with Crippen LogP contribution in [0, 0.1) is 5.82 Å². The van der Waals surface area contributed by atoms with Crippen LogP contribution in [0.15, 0.2) is 22.7 Å². The van der Waals surface area contributed by atoms with Gasteiger partial charge in [-0.25, -0.2) is 4.39 Å². The van der Waals surface area contributed by atoms with Crippen LogP contribution in [0.2, 0.25) is 0 Å². The van der Waals surface area contributed by atoms with Crippen LogP contribution in [-0.2, 0) is 0 Å². The molecule has 0 spiro atoms. The molecule has 0 bridgehead atoms. The molecule has 1 aromatic rings. The Morgan fingerprint density at radius 2 is 2.11 bits per heavy atom. The van der Waals surface area contributed by atoms with Gasteiger partial charge in [0, 0.05) is 12.6 Å².